The number of amides is 2. The molecule has 3 heterocycles. The summed E-state index contributed by atoms with van der Waals surface area (Å²) in [5.41, 5.74) is 5.22. The van der Waals surface area contributed by atoms with Gasteiger partial charge in [0, 0.05) is 31.8 Å². The fourth-order valence-corrected chi connectivity index (χ4v) is 3.21. The highest BCUT2D eigenvalue weighted by molar-refractivity contribution is 6.03. The number of benzene rings is 1. The van der Waals surface area contributed by atoms with Gasteiger partial charge in [0.25, 0.3) is 11.8 Å². The van der Waals surface area contributed by atoms with Crippen molar-refractivity contribution >= 4 is 22.8 Å². The molecule has 0 saturated carbocycles. The van der Waals surface area contributed by atoms with Crippen molar-refractivity contribution in [2.45, 2.75) is 12.0 Å². The lowest BCUT2D eigenvalue weighted by Crippen LogP contribution is -2.37. The highest BCUT2D eigenvalue weighted by Gasteiger charge is 2.42. The maximum Gasteiger partial charge on any atom is 0.318 e. The van der Waals surface area contributed by atoms with E-state index in [2.05, 4.69) is 26.9 Å². The van der Waals surface area contributed by atoms with E-state index >= 15 is 0 Å². The number of carbonyl (C=O) groups excluding carboxylic acids is 2. The van der Waals surface area contributed by atoms with Crippen LogP contribution in [0.1, 0.15) is 22.5 Å². The normalized spacial score (nSPS) is 18.4. The van der Waals surface area contributed by atoms with Gasteiger partial charge >= 0.3 is 6.01 Å². The van der Waals surface area contributed by atoms with Crippen LogP contribution in [0.2, 0.25) is 0 Å². The highest BCUT2D eigenvalue weighted by atomic mass is 16.5. The molecular formula is C20H18N6O4. The first-order chi connectivity index (χ1) is 14.3. The van der Waals surface area contributed by atoms with E-state index in [4.69, 9.17) is 10.5 Å². The van der Waals surface area contributed by atoms with Gasteiger partial charge in [-0.1, -0.05) is 17.9 Å². The Labute approximate surface area is 171 Å². The van der Waals surface area contributed by atoms with Gasteiger partial charge in [0.05, 0.1) is 18.2 Å². The number of rotatable bonds is 3. The van der Waals surface area contributed by atoms with Crippen LogP contribution in [0, 0.1) is 11.8 Å². The topological polar surface area (TPSA) is 136 Å². The molecule has 2 amide bonds. The van der Waals surface area contributed by atoms with Crippen LogP contribution < -0.4 is 10.5 Å². The number of fused-ring (bicyclic) bond motifs is 1. The molecular weight excluding hydrogens is 388 g/mol. The first-order valence-corrected chi connectivity index (χ1v) is 9.03. The molecule has 3 N–H and O–H groups in total. The summed E-state index contributed by atoms with van der Waals surface area (Å²) in [5.74, 6) is 4.40. The molecule has 0 radical (unpaired) electrons. The third kappa shape index (κ3) is 3.21. The predicted octanol–water partition coefficient (Wildman–Crippen LogP) is -0.132. The first kappa shape index (κ1) is 19.4. The molecule has 1 aliphatic heterocycles. The molecule has 0 bridgehead atoms. The fraction of sp³-hybridized carbons (Fsp3) is 0.250. The van der Waals surface area contributed by atoms with Crippen LogP contribution >= 0.6 is 0 Å². The number of hydrogen-bond donors (Lipinski definition) is 2. The van der Waals surface area contributed by atoms with Gasteiger partial charge in [-0.25, -0.2) is 9.67 Å². The van der Waals surface area contributed by atoms with Gasteiger partial charge < -0.3 is 20.5 Å². The number of carbonyl (C=O) groups is 2. The van der Waals surface area contributed by atoms with Gasteiger partial charge in [-0.3, -0.25) is 9.59 Å². The summed E-state index contributed by atoms with van der Waals surface area (Å²) < 4.78 is 6.50. The molecule has 1 saturated heterocycles. The van der Waals surface area contributed by atoms with Crippen LogP contribution in [0.5, 0.6) is 6.01 Å². The third-order valence-corrected chi connectivity index (χ3v) is 4.83. The van der Waals surface area contributed by atoms with Crippen molar-refractivity contribution in [2.24, 2.45) is 5.73 Å². The number of primary amides is 1. The molecule has 1 fully saturated rings. The van der Waals surface area contributed by atoms with Crippen molar-refractivity contribution in [3.63, 3.8) is 0 Å². The van der Waals surface area contributed by atoms with Crippen LogP contribution in [0.15, 0.2) is 30.5 Å². The molecule has 10 nitrogen and oxygen atoms in total. The van der Waals surface area contributed by atoms with Gasteiger partial charge in [-0.2, -0.15) is 10.1 Å². The number of nitrogens with two attached hydrogens (primary N) is 1. The summed E-state index contributed by atoms with van der Waals surface area (Å²) in [7, 11) is 3.05. The SMILES string of the molecule is COc1ncc2c(C(N)=O)nn(-c3cccc(C#CC4(O)CCN(C)C4=O)c3)c2n1. The summed E-state index contributed by atoms with van der Waals surface area (Å²) in [6, 6.07) is 7.04. The molecule has 1 atom stereocenters. The van der Waals surface area contributed by atoms with E-state index in [1.54, 1.807) is 31.3 Å². The molecule has 1 aromatic carbocycles. The van der Waals surface area contributed by atoms with Crippen molar-refractivity contribution in [1.29, 1.82) is 0 Å². The van der Waals surface area contributed by atoms with E-state index in [9.17, 15) is 14.7 Å². The molecule has 152 valence electrons. The molecule has 2 aromatic heterocycles. The zero-order valence-electron chi connectivity index (χ0n) is 16.3. The Morgan fingerprint density at radius 3 is 2.87 bits per heavy atom. The van der Waals surface area contributed by atoms with E-state index in [1.165, 1.54) is 22.9 Å². The second-order valence-corrected chi connectivity index (χ2v) is 6.86. The Morgan fingerprint density at radius 1 is 1.40 bits per heavy atom. The monoisotopic (exact) mass is 406 g/mol. The van der Waals surface area contributed by atoms with E-state index in [1.807, 2.05) is 0 Å². The minimum absolute atomic E-state index is 0.0260. The van der Waals surface area contributed by atoms with Crippen LogP contribution in [0.3, 0.4) is 0 Å². The first-order valence-electron chi connectivity index (χ1n) is 9.03. The number of likely N-dealkylation sites (N-methyl/N-ethyl adjacent to an activating group) is 1. The Bertz CT molecular complexity index is 1240. The second-order valence-electron chi connectivity index (χ2n) is 6.86. The number of ether oxygens (including phenoxy) is 1. The molecule has 10 heteroatoms. The number of hydrogen-bond acceptors (Lipinski definition) is 7. The number of methoxy groups -OCH3 is 1. The lowest BCUT2D eigenvalue weighted by Gasteiger charge is -2.13. The Balaban J connectivity index is 1.78. The van der Waals surface area contributed by atoms with Crippen molar-refractivity contribution in [2.75, 3.05) is 20.7 Å². The summed E-state index contributed by atoms with van der Waals surface area (Å²) in [6.07, 6.45) is 1.67. The number of nitrogens with zero attached hydrogens (tertiary/aromatic N) is 5. The van der Waals surface area contributed by atoms with E-state index < -0.39 is 17.4 Å². The highest BCUT2D eigenvalue weighted by Crippen LogP contribution is 2.23. The van der Waals surface area contributed by atoms with E-state index in [0.29, 0.717) is 28.8 Å². The molecule has 0 aliphatic carbocycles. The van der Waals surface area contributed by atoms with Crippen LogP contribution in [0.25, 0.3) is 16.7 Å². The quantitative estimate of drug-likeness (QED) is 0.578. The largest absolute Gasteiger partial charge is 0.467 e. The van der Waals surface area contributed by atoms with Crippen molar-refractivity contribution in [3.05, 3.63) is 41.7 Å². The van der Waals surface area contributed by atoms with Gasteiger partial charge in [-0.15, -0.1) is 0 Å². The zero-order valence-corrected chi connectivity index (χ0v) is 16.3. The van der Waals surface area contributed by atoms with Gasteiger partial charge in [0.15, 0.2) is 11.3 Å². The third-order valence-electron chi connectivity index (χ3n) is 4.83. The van der Waals surface area contributed by atoms with Crippen LogP contribution in [-0.2, 0) is 4.79 Å². The van der Waals surface area contributed by atoms with Gasteiger partial charge in [0.2, 0.25) is 5.60 Å². The van der Waals surface area contributed by atoms with Gasteiger partial charge in [0.1, 0.15) is 0 Å². The van der Waals surface area contributed by atoms with Crippen LogP contribution in [0.4, 0.5) is 0 Å². The lowest BCUT2D eigenvalue weighted by molar-refractivity contribution is -0.137. The maximum atomic E-state index is 12.1. The number of aliphatic hydroxyl groups is 1. The number of likely N-dealkylation sites (tertiary alicyclic amines) is 1. The zero-order chi connectivity index (χ0) is 21.5. The lowest BCUT2D eigenvalue weighted by atomic mass is 10.0. The molecule has 30 heavy (non-hydrogen) atoms. The van der Waals surface area contributed by atoms with Crippen LogP contribution in [-0.4, -0.2) is 67.9 Å². The number of aromatic nitrogens is 4. The molecule has 4 rings (SSSR count). The smallest absolute Gasteiger partial charge is 0.318 e. The Hall–Kier alpha value is -3.97. The maximum absolute atomic E-state index is 12.1. The molecule has 1 aliphatic rings. The average Bonchev–Trinajstić information content (AvgIpc) is 3.26. The summed E-state index contributed by atoms with van der Waals surface area (Å²) in [4.78, 5) is 33.6. The molecule has 1 unspecified atom stereocenters. The standard InChI is InChI=1S/C20H18N6O4/c1-25-9-8-20(29,18(25)28)7-6-12-4-3-5-13(10-12)26-17-14(15(24-26)16(21)27)11-22-19(23-17)30-2/h3-5,10-11,29H,8-9H2,1-2H3,(H2,21,27). The Morgan fingerprint density at radius 2 is 2.20 bits per heavy atom. The Kier molecular flexibility index (Phi) is 4.60. The minimum atomic E-state index is -1.69. The minimum Gasteiger partial charge on any atom is -0.467 e. The van der Waals surface area contributed by atoms with Crippen molar-refractivity contribution in [1.82, 2.24) is 24.6 Å². The summed E-state index contributed by atoms with van der Waals surface area (Å²) >= 11 is 0. The van der Waals surface area contributed by atoms with Gasteiger partial charge in [-0.05, 0) is 18.2 Å². The van der Waals surface area contributed by atoms with E-state index in [-0.39, 0.29) is 18.1 Å². The van der Waals surface area contributed by atoms with Crippen molar-refractivity contribution in [3.8, 4) is 23.5 Å². The molecule has 3 aromatic rings. The molecule has 0 spiro atoms. The van der Waals surface area contributed by atoms with E-state index in [0.717, 1.165) is 0 Å². The predicted molar refractivity (Wildman–Crippen MR) is 106 cm³/mol. The summed E-state index contributed by atoms with van der Waals surface area (Å²) in [5, 5.41) is 15.1. The van der Waals surface area contributed by atoms with Crippen molar-refractivity contribution < 1.29 is 19.4 Å². The summed E-state index contributed by atoms with van der Waals surface area (Å²) in [6.45, 7) is 0.445. The average molecular weight is 406 g/mol. The second kappa shape index (κ2) is 7.13. The fourth-order valence-electron chi connectivity index (χ4n) is 3.21.